The zero-order chi connectivity index (χ0) is 57.8. The minimum absolute atomic E-state index is 0.0824. The first-order valence-electron chi connectivity index (χ1n) is 34.6. The van der Waals surface area contributed by atoms with Gasteiger partial charge in [-0.1, -0.05) is 324 Å². The molecular weight excluding hydrogens is 985 g/mol. The van der Waals surface area contributed by atoms with Gasteiger partial charge in [-0.2, -0.15) is 0 Å². The Morgan fingerprint density at radius 2 is 0.500 bits per heavy atom. The van der Waals surface area contributed by atoms with Crippen LogP contribution >= 0.6 is 0 Å². The maximum atomic E-state index is 12.9. The molecule has 0 aromatic heterocycles. The van der Waals surface area contributed by atoms with E-state index in [1.165, 1.54) is 193 Å². The summed E-state index contributed by atoms with van der Waals surface area (Å²) in [5.41, 5.74) is 0. The Balaban J connectivity index is 4.25. The zero-order valence-corrected chi connectivity index (χ0v) is 53.1. The van der Waals surface area contributed by atoms with E-state index in [9.17, 15) is 14.4 Å². The fraction of sp³-hybridized carbons (Fsp3) is 0.770. The molecule has 0 aromatic rings. The van der Waals surface area contributed by atoms with Crippen molar-refractivity contribution >= 4 is 17.9 Å². The molecule has 0 aromatic carbocycles. The first kappa shape index (κ1) is 76.6. The van der Waals surface area contributed by atoms with Crippen LogP contribution in [0.2, 0.25) is 0 Å². The van der Waals surface area contributed by atoms with Crippen LogP contribution in [0.5, 0.6) is 0 Å². The van der Waals surface area contributed by atoms with Crippen molar-refractivity contribution in [1.29, 1.82) is 0 Å². The van der Waals surface area contributed by atoms with Gasteiger partial charge in [-0.3, -0.25) is 14.4 Å². The van der Waals surface area contributed by atoms with E-state index in [2.05, 4.69) is 106 Å². The normalized spacial score (nSPS) is 12.6. The highest BCUT2D eigenvalue weighted by Crippen LogP contribution is 2.18. The lowest BCUT2D eigenvalue weighted by molar-refractivity contribution is -0.167. The minimum Gasteiger partial charge on any atom is -0.462 e. The molecule has 462 valence electrons. The lowest BCUT2D eigenvalue weighted by atomic mass is 10.0. The molecule has 0 amide bonds. The van der Waals surface area contributed by atoms with Gasteiger partial charge < -0.3 is 14.2 Å². The van der Waals surface area contributed by atoms with Crippen LogP contribution in [0.4, 0.5) is 0 Å². The van der Waals surface area contributed by atoms with E-state index in [-0.39, 0.29) is 31.1 Å². The number of esters is 3. The Morgan fingerprint density at radius 3 is 0.812 bits per heavy atom. The molecule has 80 heavy (non-hydrogen) atoms. The number of hydrogen-bond donors (Lipinski definition) is 0. The van der Waals surface area contributed by atoms with Gasteiger partial charge in [0, 0.05) is 19.3 Å². The van der Waals surface area contributed by atoms with E-state index >= 15 is 0 Å². The smallest absolute Gasteiger partial charge is 0.306 e. The van der Waals surface area contributed by atoms with E-state index in [0.29, 0.717) is 19.3 Å². The summed E-state index contributed by atoms with van der Waals surface area (Å²) < 4.78 is 16.9. The third-order valence-corrected chi connectivity index (χ3v) is 15.1. The van der Waals surface area contributed by atoms with E-state index in [0.717, 1.165) is 116 Å². The summed E-state index contributed by atoms with van der Waals surface area (Å²) in [4.78, 5) is 38.3. The third kappa shape index (κ3) is 65.4. The minimum atomic E-state index is -0.788. The van der Waals surface area contributed by atoms with Crippen LogP contribution in [0, 0.1) is 0 Å². The van der Waals surface area contributed by atoms with Crippen molar-refractivity contribution in [3.8, 4) is 0 Å². The third-order valence-electron chi connectivity index (χ3n) is 15.1. The molecule has 0 saturated carbocycles. The standard InChI is InChI=1S/C74H130O6/c1-4-7-10-13-16-19-22-24-26-28-30-32-34-36-38-39-41-43-45-47-49-52-55-58-61-64-67-73(76)79-70-71(69-78-72(75)66-63-60-57-54-51-21-18-15-12-9-6-3)80-74(77)68-65-62-59-56-53-50-48-46-44-42-40-37-35-33-31-29-27-25-23-20-17-14-11-8-5-2/h8,11,15,17-18,20,25,27,31,33,37,40,44,46,71H,4-7,9-10,12-14,16,19,21-24,26,28-30,32,34-36,38-39,41-43,45,47-70H2,1-3H3/b11-8-,18-15-,20-17-,27-25-,33-31-,40-37-,46-44-. The highest BCUT2D eigenvalue weighted by Gasteiger charge is 2.19. The van der Waals surface area contributed by atoms with Crippen LogP contribution in [-0.4, -0.2) is 37.2 Å². The fourth-order valence-electron chi connectivity index (χ4n) is 9.96. The SMILES string of the molecule is CC/C=C\C/C=C\C/C=C\C/C=C\C/C=C\C/C=C\CCCCCCCCC(=O)OC(COC(=O)CCCCCCC/C=C\CCCC)COC(=O)CCCCCCCCCCCCCCCCCCCCCCCCCCCC. The molecule has 0 bridgehead atoms. The Kier molecular flexibility index (Phi) is 65.2. The Labute approximate surface area is 496 Å². The van der Waals surface area contributed by atoms with Gasteiger partial charge in [-0.05, 0) is 89.9 Å². The van der Waals surface area contributed by atoms with E-state index in [4.69, 9.17) is 14.2 Å². The van der Waals surface area contributed by atoms with Gasteiger partial charge >= 0.3 is 17.9 Å². The second-order valence-corrected chi connectivity index (χ2v) is 23.1. The molecule has 0 heterocycles. The zero-order valence-electron chi connectivity index (χ0n) is 53.1. The lowest BCUT2D eigenvalue weighted by Crippen LogP contribution is -2.30. The van der Waals surface area contributed by atoms with Crippen molar-refractivity contribution in [2.24, 2.45) is 0 Å². The molecule has 1 atom stereocenters. The largest absolute Gasteiger partial charge is 0.462 e. The number of unbranched alkanes of at least 4 members (excludes halogenated alkanes) is 38. The Morgan fingerprint density at radius 1 is 0.263 bits per heavy atom. The summed E-state index contributed by atoms with van der Waals surface area (Å²) in [6.07, 6.45) is 90.4. The molecule has 1 unspecified atom stereocenters. The van der Waals surface area contributed by atoms with Crippen LogP contribution in [0.1, 0.15) is 348 Å². The maximum absolute atomic E-state index is 12.9. The van der Waals surface area contributed by atoms with Crippen LogP contribution in [0.3, 0.4) is 0 Å². The Bertz CT molecular complexity index is 1520. The predicted octanol–water partition coefficient (Wildman–Crippen LogP) is 23.8. The van der Waals surface area contributed by atoms with Crippen LogP contribution in [-0.2, 0) is 28.6 Å². The molecule has 6 heteroatoms. The summed E-state index contributed by atoms with van der Waals surface area (Å²) in [5.74, 6) is -0.892. The number of allylic oxidation sites excluding steroid dienone is 14. The van der Waals surface area contributed by atoms with Gasteiger partial charge in [0.25, 0.3) is 0 Å². The summed E-state index contributed by atoms with van der Waals surface area (Å²) in [5, 5.41) is 0. The Hall–Kier alpha value is -3.41. The first-order valence-corrected chi connectivity index (χ1v) is 34.6. The fourth-order valence-corrected chi connectivity index (χ4v) is 9.96. The topological polar surface area (TPSA) is 78.9 Å². The number of carbonyl (C=O) groups is 3. The number of carbonyl (C=O) groups excluding carboxylic acids is 3. The van der Waals surface area contributed by atoms with Gasteiger partial charge in [0.2, 0.25) is 0 Å². The average molecular weight is 1120 g/mol. The van der Waals surface area contributed by atoms with Crippen molar-refractivity contribution in [2.75, 3.05) is 13.2 Å². The molecule has 0 radical (unpaired) electrons. The first-order chi connectivity index (χ1) is 39.5. The van der Waals surface area contributed by atoms with E-state index < -0.39 is 6.10 Å². The highest BCUT2D eigenvalue weighted by atomic mass is 16.6. The monoisotopic (exact) mass is 1110 g/mol. The summed E-state index contributed by atoms with van der Waals surface area (Å²) in [6.45, 7) is 6.51. The maximum Gasteiger partial charge on any atom is 0.306 e. The van der Waals surface area contributed by atoms with Crippen LogP contribution in [0.25, 0.3) is 0 Å². The molecule has 0 aliphatic carbocycles. The lowest BCUT2D eigenvalue weighted by Gasteiger charge is -2.18. The predicted molar refractivity (Wildman–Crippen MR) is 348 cm³/mol. The van der Waals surface area contributed by atoms with Crippen molar-refractivity contribution in [2.45, 2.75) is 354 Å². The molecule has 0 N–H and O–H groups in total. The van der Waals surface area contributed by atoms with Gasteiger partial charge in [0.15, 0.2) is 6.10 Å². The van der Waals surface area contributed by atoms with Crippen molar-refractivity contribution < 1.29 is 28.6 Å². The highest BCUT2D eigenvalue weighted by molar-refractivity contribution is 5.71. The molecule has 0 fully saturated rings. The summed E-state index contributed by atoms with van der Waals surface area (Å²) in [6, 6.07) is 0. The number of rotatable bonds is 63. The molecular formula is C74H130O6. The van der Waals surface area contributed by atoms with Crippen LogP contribution < -0.4 is 0 Å². The molecule has 0 aliphatic heterocycles. The van der Waals surface area contributed by atoms with Crippen molar-refractivity contribution in [3.63, 3.8) is 0 Å². The molecule has 6 nitrogen and oxygen atoms in total. The van der Waals surface area contributed by atoms with Gasteiger partial charge in [0.1, 0.15) is 13.2 Å². The quantitative estimate of drug-likeness (QED) is 0.0261. The van der Waals surface area contributed by atoms with E-state index in [1.807, 2.05) is 0 Å². The molecule has 0 rings (SSSR count). The average Bonchev–Trinajstić information content (AvgIpc) is 3.46. The van der Waals surface area contributed by atoms with Crippen molar-refractivity contribution in [1.82, 2.24) is 0 Å². The van der Waals surface area contributed by atoms with Crippen LogP contribution in [0.15, 0.2) is 85.1 Å². The number of ether oxygens (including phenoxy) is 3. The second kappa shape index (κ2) is 68.1. The molecule has 0 spiro atoms. The number of hydrogen-bond acceptors (Lipinski definition) is 6. The second-order valence-electron chi connectivity index (χ2n) is 23.1. The van der Waals surface area contributed by atoms with Gasteiger partial charge in [0.05, 0.1) is 0 Å². The molecule has 0 saturated heterocycles. The summed E-state index contributed by atoms with van der Waals surface area (Å²) in [7, 11) is 0. The van der Waals surface area contributed by atoms with E-state index in [1.54, 1.807) is 0 Å². The van der Waals surface area contributed by atoms with Crippen molar-refractivity contribution in [3.05, 3.63) is 85.1 Å². The van der Waals surface area contributed by atoms with Gasteiger partial charge in [-0.15, -0.1) is 0 Å². The summed E-state index contributed by atoms with van der Waals surface area (Å²) >= 11 is 0. The molecule has 0 aliphatic rings. The van der Waals surface area contributed by atoms with Gasteiger partial charge in [-0.25, -0.2) is 0 Å².